The Labute approximate surface area is 118 Å². The minimum Gasteiger partial charge on any atom is -0.353 e. The molecule has 0 bridgehead atoms. The van der Waals surface area contributed by atoms with Crippen molar-refractivity contribution in [2.45, 2.75) is 0 Å². The van der Waals surface area contributed by atoms with Crippen LogP contribution >= 0.6 is 0 Å². The zero-order valence-corrected chi connectivity index (χ0v) is 11.3. The Bertz CT molecular complexity index is 481. The summed E-state index contributed by atoms with van der Waals surface area (Å²) in [5.74, 6) is -0.153. The number of aromatic nitrogens is 1. The van der Waals surface area contributed by atoms with Gasteiger partial charge in [-0.25, -0.2) is 4.98 Å². The lowest BCUT2D eigenvalue weighted by molar-refractivity contribution is -0.145. The zero-order valence-electron chi connectivity index (χ0n) is 11.3. The normalized spacial score (nSPS) is 14.8. The third-order valence-corrected chi connectivity index (χ3v) is 3.14. The van der Waals surface area contributed by atoms with E-state index in [9.17, 15) is 9.59 Å². The van der Waals surface area contributed by atoms with Crippen LogP contribution in [0.1, 0.15) is 0 Å². The van der Waals surface area contributed by atoms with E-state index in [2.05, 4.69) is 21.8 Å². The maximum absolute atomic E-state index is 11.9. The molecule has 6 heteroatoms. The van der Waals surface area contributed by atoms with Gasteiger partial charge in [0.05, 0.1) is 0 Å². The summed E-state index contributed by atoms with van der Waals surface area (Å²) in [6, 6.07) is 5.74. The number of amides is 2. The molecule has 0 unspecified atom stereocenters. The molecule has 0 radical (unpaired) electrons. The monoisotopic (exact) mass is 274 g/mol. The van der Waals surface area contributed by atoms with Crippen LogP contribution in [0.15, 0.2) is 37.1 Å². The molecular formula is C14H18N4O2. The number of anilines is 1. The van der Waals surface area contributed by atoms with Crippen LogP contribution in [-0.4, -0.2) is 54.4 Å². The summed E-state index contributed by atoms with van der Waals surface area (Å²) in [6.07, 6.45) is 3.29. The molecule has 6 nitrogen and oxygen atoms in total. The highest BCUT2D eigenvalue weighted by Gasteiger charge is 2.25. The summed E-state index contributed by atoms with van der Waals surface area (Å²) < 4.78 is 0. The fourth-order valence-corrected chi connectivity index (χ4v) is 2.06. The van der Waals surface area contributed by atoms with E-state index < -0.39 is 11.8 Å². The molecular weight excluding hydrogens is 256 g/mol. The lowest BCUT2D eigenvalue weighted by Crippen LogP contribution is -2.52. The van der Waals surface area contributed by atoms with Gasteiger partial charge in [-0.3, -0.25) is 9.59 Å². The Kier molecular flexibility index (Phi) is 4.70. The molecule has 0 saturated carbocycles. The zero-order chi connectivity index (χ0) is 14.4. The van der Waals surface area contributed by atoms with Gasteiger partial charge in [-0.15, -0.1) is 6.58 Å². The van der Waals surface area contributed by atoms with Crippen molar-refractivity contribution >= 4 is 17.6 Å². The average molecular weight is 274 g/mol. The third-order valence-electron chi connectivity index (χ3n) is 3.14. The van der Waals surface area contributed by atoms with E-state index in [1.54, 1.807) is 17.2 Å². The first-order valence-electron chi connectivity index (χ1n) is 6.56. The van der Waals surface area contributed by atoms with Crippen LogP contribution < -0.4 is 10.2 Å². The van der Waals surface area contributed by atoms with Crippen LogP contribution in [0, 0.1) is 0 Å². The second kappa shape index (κ2) is 6.70. The van der Waals surface area contributed by atoms with Gasteiger partial charge in [0.15, 0.2) is 0 Å². The number of pyridine rings is 1. The minimum atomic E-state index is -0.573. The first-order chi connectivity index (χ1) is 9.72. The fraction of sp³-hybridized carbons (Fsp3) is 0.357. The van der Waals surface area contributed by atoms with Gasteiger partial charge in [0.1, 0.15) is 5.82 Å². The lowest BCUT2D eigenvalue weighted by atomic mass is 10.3. The molecule has 1 aromatic rings. The van der Waals surface area contributed by atoms with E-state index in [1.807, 2.05) is 18.2 Å². The van der Waals surface area contributed by atoms with E-state index in [-0.39, 0.29) is 0 Å². The van der Waals surface area contributed by atoms with Crippen molar-refractivity contribution in [2.24, 2.45) is 0 Å². The van der Waals surface area contributed by atoms with E-state index in [0.29, 0.717) is 32.7 Å². The highest BCUT2D eigenvalue weighted by Crippen LogP contribution is 2.12. The van der Waals surface area contributed by atoms with Crippen LogP contribution in [0.5, 0.6) is 0 Å². The van der Waals surface area contributed by atoms with Crippen LogP contribution in [0.25, 0.3) is 0 Å². The molecule has 1 aliphatic rings. The van der Waals surface area contributed by atoms with E-state index in [1.165, 1.54) is 0 Å². The van der Waals surface area contributed by atoms with Gasteiger partial charge in [-0.1, -0.05) is 12.1 Å². The van der Waals surface area contributed by atoms with Crippen molar-refractivity contribution in [3.63, 3.8) is 0 Å². The second-order valence-electron chi connectivity index (χ2n) is 4.47. The predicted molar refractivity (Wildman–Crippen MR) is 76.2 cm³/mol. The van der Waals surface area contributed by atoms with Gasteiger partial charge in [-0.05, 0) is 12.1 Å². The van der Waals surface area contributed by atoms with Gasteiger partial charge in [0.25, 0.3) is 0 Å². The molecule has 0 aliphatic carbocycles. The minimum absolute atomic E-state index is 0.304. The van der Waals surface area contributed by atoms with Crippen molar-refractivity contribution in [1.82, 2.24) is 15.2 Å². The van der Waals surface area contributed by atoms with Gasteiger partial charge in [0, 0.05) is 38.9 Å². The van der Waals surface area contributed by atoms with Crippen molar-refractivity contribution < 1.29 is 9.59 Å². The summed E-state index contributed by atoms with van der Waals surface area (Å²) in [6.45, 7) is 6.20. The number of hydrogen-bond donors (Lipinski definition) is 1. The van der Waals surface area contributed by atoms with Gasteiger partial charge >= 0.3 is 11.8 Å². The maximum Gasteiger partial charge on any atom is 0.312 e. The molecule has 106 valence electrons. The molecule has 2 rings (SSSR count). The number of nitrogens with one attached hydrogen (secondary N) is 1. The molecule has 2 amide bonds. The molecule has 1 aromatic heterocycles. The highest BCUT2D eigenvalue weighted by atomic mass is 16.2. The topological polar surface area (TPSA) is 65.5 Å². The number of carbonyl (C=O) groups excluding carboxylic acids is 2. The molecule has 1 saturated heterocycles. The first kappa shape index (κ1) is 14.0. The molecule has 0 atom stereocenters. The number of hydrogen-bond acceptors (Lipinski definition) is 4. The molecule has 20 heavy (non-hydrogen) atoms. The van der Waals surface area contributed by atoms with Crippen LogP contribution in [0.4, 0.5) is 5.82 Å². The molecule has 1 N–H and O–H groups in total. The summed E-state index contributed by atoms with van der Waals surface area (Å²) in [7, 11) is 0. The van der Waals surface area contributed by atoms with Crippen molar-refractivity contribution in [3.8, 4) is 0 Å². The van der Waals surface area contributed by atoms with E-state index >= 15 is 0 Å². The number of piperazine rings is 1. The van der Waals surface area contributed by atoms with Crippen LogP contribution in [0.2, 0.25) is 0 Å². The lowest BCUT2D eigenvalue weighted by Gasteiger charge is -2.34. The Morgan fingerprint density at radius 1 is 1.30 bits per heavy atom. The van der Waals surface area contributed by atoms with Crippen molar-refractivity contribution in [2.75, 3.05) is 37.6 Å². The van der Waals surface area contributed by atoms with Crippen molar-refractivity contribution in [3.05, 3.63) is 37.1 Å². The second-order valence-corrected chi connectivity index (χ2v) is 4.47. The highest BCUT2D eigenvalue weighted by molar-refractivity contribution is 6.35. The number of rotatable bonds is 3. The van der Waals surface area contributed by atoms with Crippen molar-refractivity contribution in [1.29, 1.82) is 0 Å². The Hall–Kier alpha value is -2.37. The number of carbonyl (C=O) groups is 2. The molecule has 1 fully saturated rings. The maximum atomic E-state index is 11.9. The Morgan fingerprint density at radius 3 is 2.65 bits per heavy atom. The standard InChI is InChI=1S/C14H18N4O2/c1-2-6-16-13(19)14(20)18-10-8-17(9-11-18)12-5-3-4-7-15-12/h2-5,7H,1,6,8-11H2,(H,16,19). The molecule has 0 spiro atoms. The third kappa shape index (κ3) is 3.34. The Morgan fingerprint density at radius 2 is 2.05 bits per heavy atom. The smallest absolute Gasteiger partial charge is 0.312 e. The fourth-order valence-electron chi connectivity index (χ4n) is 2.06. The predicted octanol–water partition coefficient (Wildman–Crippen LogP) is 0.0324. The number of nitrogens with zero attached hydrogens (tertiary/aromatic N) is 3. The van der Waals surface area contributed by atoms with Crippen LogP contribution in [-0.2, 0) is 9.59 Å². The summed E-state index contributed by atoms with van der Waals surface area (Å²) >= 11 is 0. The van der Waals surface area contributed by atoms with E-state index in [4.69, 9.17) is 0 Å². The summed E-state index contributed by atoms with van der Waals surface area (Å²) in [4.78, 5) is 31.4. The molecule has 0 aromatic carbocycles. The Balaban J connectivity index is 1.86. The average Bonchev–Trinajstić information content (AvgIpc) is 2.53. The van der Waals surface area contributed by atoms with E-state index in [0.717, 1.165) is 5.82 Å². The van der Waals surface area contributed by atoms with Crippen LogP contribution in [0.3, 0.4) is 0 Å². The SMILES string of the molecule is C=CCNC(=O)C(=O)N1CCN(c2ccccn2)CC1. The van der Waals surface area contributed by atoms with Gasteiger partial charge < -0.3 is 15.1 Å². The van der Waals surface area contributed by atoms with Gasteiger partial charge in [0.2, 0.25) is 0 Å². The molecule has 2 heterocycles. The quantitative estimate of drug-likeness (QED) is 0.624. The summed E-state index contributed by atoms with van der Waals surface area (Å²) in [5, 5.41) is 2.50. The molecule has 1 aliphatic heterocycles. The largest absolute Gasteiger partial charge is 0.353 e. The first-order valence-corrected chi connectivity index (χ1v) is 6.56. The van der Waals surface area contributed by atoms with Gasteiger partial charge in [-0.2, -0.15) is 0 Å². The summed E-state index contributed by atoms with van der Waals surface area (Å²) in [5.41, 5.74) is 0.